The Hall–Kier alpha value is -2.34. The molecule has 3 aliphatic heterocycles. The molecule has 0 spiro atoms. The lowest BCUT2D eigenvalue weighted by molar-refractivity contribution is -0.117. The predicted molar refractivity (Wildman–Crippen MR) is 133 cm³/mol. The minimum Gasteiger partial charge on any atom is -0.381 e. The number of carbonyl (C=O) groups is 1. The lowest BCUT2D eigenvalue weighted by Gasteiger charge is -2.35. The number of rotatable bonds is 6. The van der Waals surface area contributed by atoms with Crippen LogP contribution in [0.1, 0.15) is 18.4 Å². The molecule has 2 aromatic rings. The third kappa shape index (κ3) is 4.39. The van der Waals surface area contributed by atoms with Crippen LogP contribution in [0.2, 0.25) is 5.15 Å². The van der Waals surface area contributed by atoms with Crippen molar-refractivity contribution >= 4 is 39.0 Å². The highest BCUT2D eigenvalue weighted by Gasteiger charge is 2.66. The van der Waals surface area contributed by atoms with Crippen molar-refractivity contribution in [1.29, 1.82) is 0 Å². The van der Waals surface area contributed by atoms with E-state index in [2.05, 4.69) is 4.98 Å². The largest absolute Gasteiger partial charge is 0.381 e. The monoisotopic (exact) mass is 552 g/mol. The molecule has 0 bridgehead atoms. The molecule has 1 aliphatic carbocycles. The van der Waals surface area contributed by atoms with Crippen molar-refractivity contribution in [2.75, 3.05) is 55.7 Å². The average Bonchev–Trinajstić information content (AvgIpc) is 3.16. The van der Waals surface area contributed by atoms with E-state index < -0.39 is 21.9 Å². The van der Waals surface area contributed by atoms with Gasteiger partial charge in [0.2, 0.25) is 15.9 Å². The second kappa shape index (κ2) is 9.14. The van der Waals surface area contributed by atoms with Gasteiger partial charge >= 0.3 is 0 Å². The maximum atomic E-state index is 15.3. The molecule has 1 aromatic carbocycles. The summed E-state index contributed by atoms with van der Waals surface area (Å²) in [6.45, 7) is 2.31. The summed E-state index contributed by atoms with van der Waals surface area (Å²) in [4.78, 5) is 19.8. The molecular weight excluding hydrogens is 526 g/mol. The summed E-state index contributed by atoms with van der Waals surface area (Å²) < 4.78 is 63.6. The van der Waals surface area contributed by atoms with Crippen LogP contribution >= 0.6 is 11.6 Å². The molecule has 12 heteroatoms. The van der Waals surface area contributed by atoms with Gasteiger partial charge < -0.3 is 14.5 Å². The molecule has 4 aliphatic rings. The third-order valence-corrected chi connectivity index (χ3v) is 10.1. The Balaban J connectivity index is 1.14. The van der Waals surface area contributed by atoms with Crippen molar-refractivity contribution < 1.29 is 26.7 Å². The van der Waals surface area contributed by atoms with Crippen molar-refractivity contribution in [3.05, 3.63) is 47.1 Å². The van der Waals surface area contributed by atoms with Crippen LogP contribution in [0.5, 0.6) is 0 Å². The normalized spacial score (nSPS) is 26.6. The second-order valence-electron chi connectivity index (χ2n) is 10.1. The number of sulfonamides is 1. The number of benzene rings is 1. The highest BCUT2D eigenvalue weighted by atomic mass is 35.5. The van der Waals surface area contributed by atoms with E-state index in [1.54, 1.807) is 21.9 Å². The molecule has 3 saturated heterocycles. The number of hydrogen-bond acceptors (Lipinski definition) is 6. The Kier molecular flexibility index (Phi) is 6.17. The van der Waals surface area contributed by atoms with Crippen LogP contribution in [0.3, 0.4) is 0 Å². The van der Waals surface area contributed by atoms with E-state index in [4.69, 9.17) is 16.3 Å². The summed E-state index contributed by atoms with van der Waals surface area (Å²) in [7, 11) is -3.75. The number of nitrogens with zero attached hydrogens (tertiary/aromatic N) is 4. The molecular formula is C25H27ClF2N4O4S. The van der Waals surface area contributed by atoms with Gasteiger partial charge in [-0.2, -0.15) is 4.31 Å². The van der Waals surface area contributed by atoms with Gasteiger partial charge in [-0.1, -0.05) is 11.6 Å². The summed E-state index contributed by atoms with van der Waals surface area (Å²) in [5, 5.41) is -0.0131. The lowest BCUT2D eigenvalue weighted by Crippen LogP contribution is -2.49. The number of pyridine rings is 1. The quantitative estimate of drug-likeness (QED) is 0.511. The minimum absolute atomic E-state index is 0.0131. The van der Waals surface area contributed by atoms with Crippen LogP contribution in [-0.2, 0) is 25.5 Å². The Labute approximate surface area is 219 Å². The van der Waals surface area contributed by atoms with Gasteiger partial charge in [0.25, 0.3) is 5.92 Å². The van der Waals surface area contributed by atoms with Gasteiger partial charge in [0, 0.05) is 56.3 Å². The highest BCUT2D eigenvalue weighted by molar-refractivity contribution is 7.89. The predicted octanol–water partition coefficient (Wildman–Crippen LogP) is 3.36. The van der Waals surface area contributed by atoms with Crippen molar-refractivity contribution in [3.8, 4) is 0 Å². The van der Waals surface area contributed by atoms with E-state index in [0.717, 1.165) is 6.42 Å². The van der Waals surface area contributed by atoms with E-state index in [1.807, 2.05) is 0 Å². The highest BCUT2D eigenvalue weighted by Crippen LogP contribution is 2.61. The zero-order chi connectivity index (χ0) is 25.9. The second-order valence-corrected chi connectivity index (χ2v) is 12.4. The number of amides is 1. The molecule has 198 valence electrons. The summed E-state index contributed by atoms with van der Waals surface area (Å²) in [5.41, 5.74) is 0.529. The first kappa shape index (κ1) is 25.0. The molecule has 8 nitrogen and oxygen atoms in total. The topological polar surface area (TPSA) is 83.1 Å². The molecule has 1 saturated carbocycles. The summed E-state index contributed by atoms with van der Waals surface area (Å²) in [6.07, 6.45) is 1.29. The van der Waals surface area contributed by atoms with Gasteiger partial charge in [-0.15, -0.1) is 0 Å². The summed E-state index contributed by atoms with van der Waals surface area (Å²) >= 11 is 6.14. The Morgan fingerprint density at radius 3 is 2.30 bits per heavy atom. The zero-order valence-electron chi connectivity index (χ0n) is 20.0. The Bertz CT molecular complexity index is 1310. The molecule has 2 atom stereocenters. The number of alkyl halides is 2. The smallest absolute Gasteiger partial charge is 0.276 e. The van der Waals surface area contributed by atoms with E-state index in [9.17, 15) is 13.2 Å². The minimum atomic E-state index is -3.75. The van der Waals surface area contributed by atoms with E-state index in [0.29, 0.717) is 50.8 Å². The van der Waals surface area contributed by atoms with Gasteiger partial charge in [-0.25, -0.2) is 22.2 Å². The maximum absolute atomic E-state index is 15.3. The van der Waals surface area contributed by atoms with E-state index in [-0.39, 0.29) is 46.4 Å². The molecule has 1 aromatic heterocycles. The van der Waals surface area contributed by atoms with Crippen LogP contribution < -0.4 is 9.80 Å². The standard InChI is InChI=1S/C25H27ClF2N4O4S/c26-21-12-16(25(27,28)24-19-14-36-15-20(19)24)13-22(29-21)30-8-10-31(11-9-30)37(34,35)18-5-3-17(4-6-18)32-7-1-2-23(32)33/h3-6,12-13,19-20,24H,1-2,7-11,14-15H2. The Morgan fingerprint density at radius 1 is 1.00 bits per heavy atom. The van der Waals surface area contributed by atoms with Crippen molar-refractivity contribution in [1.82, 2.24) is 9.29 Å². The van der Waals surface area contributed by atoms with Crippen LogP contribution in [0, 0.1) is 17.8 Å². The maximum Gasteiger partial charge on any atom is 0.276 e. The fraction of sp³-hybridized carbons (Fsp3) is 0.520. The molecule has 2 unspecified atom stereocenters. The van der Waals surface area contributed by atoms with E-state index in [1.165, 1.54) is 28.6 Å². The molecule has 1 amide bonds. The van der Waals surface area contributed by atoms with Crippen LogP contribution in [0.25, 0.3) is 0 Å². The number of aromatic nitrogens is 1. The zero-order valence-corrected chi connectivity index (χ0v) is 21.6. The first-order chi connectivity index (χ1) is 17.7. The van der Waals surface area contributed by atoms with Crippen LogP contribution in [0.15, 0.2) is 41.3 Å². The van der Waals surface area contributed by atoms with Gasteiger partial charge in [0.15, 0.2) is 0 Å². The van der Waals surface area contributed by atoms with E-state index >= 15 is 8.78 Å². The van der Waals surface area contributed by atoms with Crippen molar-refractivity contribution in [3.63, 3.8) is 0 Å². The fourth-order valence-electron chi connectivity index (χ4n) is 5.83. The van der Waals surface area contributed by atoms with Gasteiger partial charge in [-0.05, 0) is 54.7 Å². The SMILES string of the molecule is O=C1CCCN1c1ccc(S(=O)(=O)N2CCN(c3cc(C(F)(F)C4C5COCC54)cc(Cl)n3)CC2)cc1. The number of ether oxygens (including phenoxy) is 1. The summed E-state index contributed by atoms with van der Waals surface area (Å²) in [5.74, 6) is -3.66. The molecule has 0 N–H and O–H groups in total. The number of anilines is 2. The van der Waals surface area contributed by atoms with Gasteiger partial charge in [0.05, 0.1) is 18.1 Å². The number of halogens is 3. The molecule has 37 heavy (non-hydrogen) atoms. The average molecular weight is 553 g/mol. The molecule has 0 radical (unpaired) electrons. The Morgan fingerprint density at radius 2 is 1.68 bits per heavy atom. The number of carbonyl (C=O) groups excluding carboxylic acids is 1. The first-order valence-electron chi connectivity index (χ1n) is 12.5. The van der Waals surface area contributed by atoms with Gasteiger partial charge in [-0.3, -0.25) is 4.79 Å². The fourth-order valence-corrected chi connectivity index (χ4v) is 7.46. The van der Waals surface area contributed by atoms with Crippen LogP contribution in [0.4, 0.5) is 20.3 Å². The first-order valence-corrected chi connectivity index (χ1v) is 14.3. The van der Waals surface area contributed by atoms with Crippen molar-refractivity contribution in [2.24, 2.45) is 17.8 Å². The van der Waals surface area contributed by atoms with Gasteiger partial charge in [0.1, 0.15) is 11.0 Å². The lowest BCUT2D eigenvalue weighted by atomic mass is 10.0. The number of piperazine rings is 1. The molecule has 4 heterocycles. The third-order valence-electron chi connectivity index (χ3n) is 7.96. The number of hydrogen-bond donors (Lipinski definition) is 0. The van der Waals surface area contributed by atoms with Crippen LogP contribution in [-0.4, -0.2) is 69.6 Å². The summed E-state index contributed by atoms with van der Waals surface area (Å²) in [6, 6.07) is 8.96. The molecule has 6 rings (SSSR count). The number of fused-ring (bicyclic) bond motifs is 1. The van der Waals surface area contributed by atoms with Crippen molar-refractivity contribution in [2.45, 2.75) is 23.7 Å². The molecule has 4 fully saturated rings.